The monoisotopic (exact) mass is 354 g/mol. The van der Waals surface area contributed by atoms with Gasteiger partial charge in [0.1, 0.15) is 0 Å². The molecule has 2 aromatic rings. The Morgan fingerprint density at radius 2 is 1.48 bits per heavy atom. The lowest BCUT2D eigenvalue weighted by Gasteiger charge is -2.19. The van der Waals surface area contributed by atoms with Crippen molar-refractivity contribution in [3.63, 3.8) is 0 Å². The SMILES string of the molecule is CC=CC=C(CC)c1ccc2c(c1C(=CC=CC)CC)Cc1ccccc1-2. The minimum absolute atomic E-state index is 1.03. The van der Waals surface area contributed by atoms with E-state index >= 15 is 0 Å². The molecule has 0 bridgehead atoms. The Balaban J connectivity index is 2.29. The van der Waals surface area contributed by atoms with Crippen molar-refractivity contribution in [2.24, 2.45) is 0 Å². The Hall–Kier alpha value is -2.60. The summed E-state index contributed by atoms with van der Waals surface area (Å²) in [5.41, 5.74) is 11.4. The van der Waals surface area contributed by atoms with Gasteiger partial charge in [-0.25, -0.2) is 0 Å². The van der Waals surface area contributed by atoms with Crippen LogP contribution in [-0.4, -0.2) is 0 Å². The third-order valence-electron chi connectivity index (χ3n) is 5.40. The van der Waals surface area contributed by atoms with Gasteiger partial charge in [0.2, 0.25) is 0 Å². The number of hydrogen-bond donors (Lipinski definition) is 0. The summed E-state index contributed by atoms with van der Waals surface area (Å²) in [5.74, 6) is 0. The van der Waals surface area contributed by atoms with Crippen LogP contribution in [0.1, 0.15) is 62.8 Å². The maximum Gasteiger partial charge on any atom is -0.000718 e. The summed E-state index contributed by atoms with van der Waals surface area (Å²) in [6.07, 6.45) is 16.2. The largest absolute Gasteiger partial charge is 0.0877 e. The molecule has 0 heteroatoms. The van der Waals surface area contributed by atoms with Crippen molar-refractivity contribution < 1.29 is 0 Å². The average Bonchev–Trinajstić information content (AvgIpc) is 3.08. The summed E-state index contributed by atoms with van der Waals surface area (Å²) in [4.78, 5) is 0. The molecule has 0 radical (unpaired) electrons. The van der Waals surface area contributed by atoms with Crippen molar-refractivity contribution in [1.29, 1.82) is 0 Å². The molecule has 138 valence electrons. The van der Waals surface area contributed by atoms with Gasteiger partial charge in [-0.1, -0.05) is 86.7 Å². The van der Waals surface area contributed by atoms with E-state index in [2.05, 4.69) is 101 Å². The second-order valence-corrected chi connectivity index (χ2v) is 6.99. The van der Waals surface area contributed by atoms with Gasteiger partial charge in [0, 0.05) is 0 Å². The molecule has 2 aromatic carbocycles. The molecule has 0 aliphatic heterocycles. The molecule has 0 amide bonds. The molecule has 0 atom stereocenters. The van der Waals surface area contributed by atoms with Crippen LogP contribution in [-0.2, 0) is 6.42 Å². The molecule has 1 aliphatic rings. The predicted molar refractivity (Wildman–Crippen MR) is 121 cm³/mol. The summed E-state index contributed by atoms with van der Waals surface area (Å²) in [6, 6.07) is 13.5. The Morgan fingerprint density at radius 1 is 0.815 bits per heavy atom. The molecule has 0 unspecified atom stereocenters. The van der Waals surface area contributed by atoms with E-state index in [1.807, 2.05) is 0 Å². The van der Waals surface area contributed by atoms with Gasteiger partial charge in [-0.15, -0.1) is 0 Å². The van der Waals surface area contributed by atoms with Crippen molar-refractivity contribution in [2.45, 2.75) is 47.0 Å². The fourth-order valence-corrected chi connectivity index (χ4v) is 4.05. The van der Waals surface area contributed by atoms with E-state index in [1.165, 1.54) is 44.5 Å². The van der Waals surface area contributed by atoms with Crippen LogP contribution in [0.3, 0.4) is 0 Å². The molecule has 0 N–H and O–H groups in total. The van der Waals surface area contributed by atoms with Crippen LogP contribution < -0.4 is 0 Å². The first-order chi connectivity index (χ1) is 13.2. The summed E-state index contributed by atoms with van der Waals surface area (Å²) < 4.78 is 0. The van der Waals surface area contributed by atoms with Crippen molar-refractivity contribution in [3.8, 4) is 11.1 Å². The quantitative estimate of drug-likeness (QED) is 0.393. The van der Waals surface area contributed by atoms with E-state index in [0.29, 0.717) is 0 Å². The molecule has 1 aliphatic carbocycles. The van der Waals surface area contributed by atoms with Crippen LogP contribution in [0.2, 0.25) is 0 Å². The Bertz CT molecular complexity index is 933. The first-order valence-electron chi connectivity index (χ1n) is 10.1. The fraction of sp³-hybridized carbons (Fsp3) is 0.259. The molecule has 0 fully saturated rings. The number of rotatable bonds is 6. The molecule has 0 heterocycles. The number of allylic oxidation sites excluding steroid dienone is 8. The second-order valence-electron chi connectivity index (χ2n) is 6.99. The van der Waals surface area contributed by atoms with Crippen molar-refractivity contribution >= 4 is 11.1 Å². The second kappa shape index (κ2) is 8.86. The van der Waals surface area contributed by atoms with Gasteiger partial charge in [0.05, 0.1) is 0 Å². The standard InChI is InChI=1S/C27H30/c1-5-9-13-20(7-3)24-17-18-25-23-16-12-11-15-22(23)19-26(25)27(24)21(8-4)14-10-6-2/h5-6,9-18H,7-8,19H2,1-4H3. The first kappa shape index (κ1) is 19.2. The fourth-order valence-electron chi connectivity index (χ4n) is 4.05. The van der Waals surface area contributed by atoms with Gasteiger partial charge in [0.25, 0.3) is 0 Å². The van der Waals surface area contributed by atoms with Crippen LogP contribution >= 0.6 is 0 Å². The first-order valence-corrected chi connectivity index (χ1v) is 10.1. The zero-order chi connectivity index (χ0) is 19.2. The van der Waals surface area contributed by atoms with Crippen molar-refractivity contribution in [1.82, 2.24) is 0 Å². The Morgan fingerprint density at radius 3 is 2.15 bits per heavy atom. The summed E-state index contributed by atoms with van der Waals surface area (Å²) >= 11 is 0. The summed E-state index contributed by atoms with van der Waals surface area (Å²) in [7, 11) is 0. The zero-order valence-corrected chi connectivity index (χ0v) is 17.0. The van der Waals surface area contributed by atoms with Crippen LogP contribution in [0.25, 0.3) is 22.3 Å². The highest BCUT2D eigenvalue weighted by molar-refractivity contribution is 5.90. The van der Waals surface area contributed by atoms with Gasteiger partial charge in [-0.2, -0.15) is 0 Å². The van der Waals surface area contributed by atoms with Crippen LogP contribution in [0, 0.1) is 0 Å². The lowest BCUT2D eigenvalue weighted by Crippen LogP contribution is -1.99. The number of benzene rings is 2. The van der Waals surface area contributed by atoms with E-state index in [0.717, 1.165) is 19.3 Å². The Labute approximate surface area is 164 Å². The highest BCUT2D eigenvalue weighted by Crippen LogP contribution is 2.44. The van der Waals surface area contributed by atoms with Crippen molar-refractivity contribution in [3.05, 3.63) is 95.1 Å². The van der Waals surface area contributed by atoms with E-state index < -0.39 is 0 Å². The number of fused-ring (bicyclic) bond motifs is 3. The minimum Gasteiger partial charge on any atom is -0.0877 e. The third kappa shape index (κ3) is 3.76. The number of hydrogen-bond acceptors (Lipinski definition) is 0. The normalized spacial score (nSPS) is 14.2. The van der Waals surface area contributed by atoms with Gasteiger partial charge < -0.3 is 0 Å². The molecular formula is C27H30. The maximum absolute atomic E-state index is 2.34. The lowest BCUT2D eigenvalue weighted by molar-refractivity contribution is 1.17. The van der Waals surface area contributed by atoms with E-state index in [1.54, 1.807) is 0 Å². The topological polar surface area (TPSA) is 0 Å². The van der Waals surface area contributed by atoms with Crippen molar-refractivity contribution in [2.75, 3.05) is 0 Å². The molecule has 0 saturated carbocycles. The molecule has 0 nitrogen and oxygen atoms in total. The molecule has 0 aromatic heterocycles. The van der Waals surface area contributed by atoms with Crippen LogP contribution in [0.4, 0.5) is 0 Å². The van der Waals surface area contributed by atoms with E-state index in [-0.39, 0.29) is 0 Å². The summed E-state index contributed by atoms with van der Waals surface area (Å²) in [6.45, 7) is 8.68. The van der Waals surface area contributed by atoms with E-state index in [9.17, 15) is 0 Å². The van der Waals surface area contributed by atoms with Gasteiger partial charge in [-0.3, -0.25) is 0 Å². The lowest BCUT2D eigenvalue weighted by atomic mass is 9.85. The van der Waals surface area contributed by atoms with Crippen LogP contribution in [0.15, 0.2) is 72.9 Å². The zero-order valence-electron chi connectivity index (χ0n) is 17.0. The third-order valence-corrected chi connectivity index (χ3v) is 5.40. The highest BCUT2D eigenvalue weighted by Gasteiger charge is 2.24. The smallest absolute Gasteiger partial charge is 0.000718 e. The molecule has 0 saturated heterocycles. The molecule has 3 rings (SSSR count). The minimum atomic E-state index is 1.03. The molecular weight excluding hydrogens is 324 g/mol. The van der Waals surface area contributed by atoms with Gasteiger partial charge >= 0.3 is 0 Å². The molecule has 0 spiro atoms. The maximum atomic E-state index is 2.34. The highest BCUT2D eigenvalue weighted by atomic mass is 14.3. The predicted octanol–water partition coefficient (Wildman–Crippen LogP) is 8.00. The van der Waals surface area contributed by atoms with Gasteiger partial charge in [-0.05, 0) is 77.6 Å². The van der Waals surface area contributed by atoms with E-state index in [4.69, 9.17) is 0 Å². The average molecular weight is 355 g/mol. The molecule has 27 heavy (non-hydrogen) atoms. The Kier molecular flexibility index (Phi) is 6.29. The van der Waals surface area contributed by atoms with Crippen LogP contribution in [0.5, 0.6) is 0 Å². The summed E-state index contributed by atoms with van der Waals surface area (Å²) in [5, 5.41) is 0. The van der Waals surface area contributed by atoms with Gasteiger partial charge in [0.15, 0.2) is 0 Å².